The van der Waals surface area contributed by atoms with Crippen LogP contribution in [0.1, 0.15) is 18.1 Å². The number of anilines is 2. The highest BCUT2D eigenvalue weighted by Gasteiger charge is 2.39. The molecule has 0 saturated heterocycles. The molecule has 1 heterocycles. The standard InChI is InChI=1S/C24H21ClN2O4S/c1-3-31-19-12-10-18(11-13-19)26-24(28)23-22(16-7-5-4-6-8-16)20-15-17(25)9-14-21(20)27(2)32(23,29)30/h4-15H,3H2,1-2H3,(H,26,28). The summed E-state index contributed by atoms with van der Waals surface area (Å²) in [5.41, 5.74) is 2.38. The second-order valence-corrected chi connectivity index (χ2v) is 9.46. The first-order chi connectivity index (χ1) is 15.3. The van der Waals surface area contributed by atoms with Crippen LogP contribution in [-0.4, -0.2) is 28.0 Å². The number of carbonyl (C=O) groups excluding carboxylic acids is 1. The number of carbonyl (C=O) groups is 1. The predicted molar refractivity (Wildman–Crippen MR) is 127 cm³/mol. The number of halogens is 1. The van der Waals surface area contributed by atoms with Gasteiger partial charge in [0.15, 0.2) is 4.91 Å². The highest BCUT2D eigenvalue weighted by atomic mass is 35.5. The summed E-state index contributed by atoms with van der Waals surface area (Å²) in [5.74, 6) is -0.0752. The molecule has 0 radical (unpaired) electrons. The molecule has 0 aliphatic carbocycles. The van der Waals surface area contributed by atoms with Crippen molar-refractivity contribution in [1.82, 2.24) is 0 Å². The first kappa shape index (κ1) is 21.9. The van der Waals surface area contributed by atoms with E-state index in [1.165, 1.54) is 7.05 Å². The lowest BCUT2D eigenvalue weighted by Crippen LogP contribution is -2.37. The van der Waals surface area contributed by atoms with Crippen molar-refractivity contribution in [3.8, 4) is 5.75 Å². The van der Waals surface area contributed by atoms with Crippen LogP contribution in [0.3, 0.4) is 0 Å². The number of amides is 1. The van der Waals surface area contributed by atoms with Crippen LogP contribution in [0.25, 0.3) is 5.57 Å². The van der Waals surface area contributed by atoms with Crippen LogP contribution in [0.4, 0.5) is 11.4 Å². The molecule has 1 aliphatic heterocycles. The Morgan fingerprint density at radius 2 is 1.72 bits per heavy atom. The van der Waals surface area contributed by atoms with Crippen LogP contribution in [0.15, 0.2) is 77.7 Å². The molecule has 0 fully saturated rings. The number of benzene rings is 3. The first-order valence-corrected chi connectivity index (χ1v) is 11.8. The van der Waals surface area contributed by atoms with Crippen LogP contribution >= 0.6 is 11.6 Å². The van der Waals surface area contributed by atoms with Crippen molar-refractivity contribution in [1.29, 1.82) is 0 Å². The van der Waals surface area contributed by atoms with Crippen molar-refractivity contribution < 1.29 is 17.9 Å². The topological polar surface area (TPSA) is 75.7 Å². The molecule has 164 valence electrons. The smallest absolute Gasteiger partial charge is 0.270 e. The summed E-state index contributed by atoms with van der Waals surface area (Å²) < 4.78 is 33.5. The summed E-state index contributed by atoms with van der Waals surface area (Å²) in [4.78, 5) is 13.0. The normalized spacial score (nSPS) is 14.7. The van der Waals surface area contributed by atoms with E-state index in [1.807, 2.05) is 13.0 Å². The van der Waals surface area contributed by atoms with E-state index < -0.39 is 15.9 Å². The van der Waals surface area contributed by atoms with Crippen LogP contribution in [0.2, 0.25) is 5.02 Å². The zero-order chi connectivity index (χ0) is 22.9. The average Bonchev–Trinajstić information content (AvgIpc) is 2.78. The van der Waals surface area contributed by atoms with Crippen LogP contribution in [0, 0.1) is 0 Å². The second kappa shape index (κ2) is 8.68. The molecule has 6 nitrogen and oxygen atoms in total. The molecule has 1 amide bonds. The maximum atomic E-state index is 13.5. The molecule has 0 spiro atoms. The molecule has 1 aliphatic rings. The molecule has 1 N–H and O–H groups in total. The van der Waals surface area contributed by atoms with Gasteiger partial charge >= 0.3 is 0 Å². The minimum absolute atomic E-state index is 0.310. The van der Waals surface area contributed by atoms with Crippen molar-refractivity contribution in [2.24, 2.45) is 0 Å². The molecular formula is C24H21ClN2O4S. The van der Waals surface area contributed by atoms with Crippen LogP contribution in [-0.2, 0) is 14.8 Å². The highest BCUT2D eigenvalue weighted by Crippen LogP contribution is 2.43. The number of nitrogens with zero attached hydrogens (tertiary/aromatic N) is 1. The Morgan fingerprint density at radius 3 is 2.38 bits per heavy atom. The van der Waals surface area contributed by atoms with Gasteiger partial charge in [0.05, 0.1) is 12.3 Å². The average molecular weight is 469 g/mol. The summed E-state index contributed by atoms with van der Waals surface area (Å²) >= 11 is 6.24. The molecule has 8 heteroatoms. The van der Waals surface area contributed by atoms with Gasteiger partial charge < -0.3 is 10.1 Å². The monoisotopic (exact) mass is 468 g/mol. The lowest BCUT2D eigenvalue weighted by Gasteiger charge is -2.31. The second-order valence-electron chi connectivity index (χ2n) is 7.12. The number of ether oxygens (including phenoxy) is 1. The minimum Gasteiger partial charge on any atom is -0.494 e. The Labute approximate surface area is 192 Å². The number of rotatable bonds is 5. The van der Waals surface area contributed by atoms with Gasteiger partial charge in [0.2, 0.25) is 0 Å². The maximum Gasteiger partial charge on any atom is 0.270 e. The van der Waals surface area contributed by atoms with Gasteiger partial charge in [0.1, 0.15) is 5.75 Å². The SMILES string of the molecule is CCOc1ccc(NC(=O)C2=C(c3ccccc3)c3cc(Cl)ccc3N(C)S2(=O)=O)cc1. The molecule has 3 aromatic carbocycles. The molecule has 3 aromatic rings. The third kappa shape index (κ3) is 3.97. The lowest BCUT2D eigenvalue weighted by molar-refractivity contribution is -0.112. The number of fused-ring (bicyclic) bond motifs is 1. The number of hydrogen-bond acceptors (Lipinski definition) is 4. The Balaban J connectivity index is 1.89. The van der Waals surface area contributed by atoms with E-state index in [0.29, 0.717) is 45.5 Å². The third-order valence-corrected chi connectivity index (χ3v) is 7.16. The molecule has 0 aromatic heterocycles. The van der Waals surface area contributed by atoms with Crippen molar-refractivity contribution in [3.63, 3.8) is 0 Å². The third-order valence-electron chi connectivity index (χ3n) is 5.10. The highest BCUT2D eigenvalue weighted by molar-refractivity contribution is 7.97. The van der Waals surface area contributed by atoms with E-state index in [4.69, 9.17) is 16.3 Å². The van der Waals surface area contributed by atoms with E-state index in [0.717, 1.165) is 4.31 Å². The summed E-state index contributed by atoms with van der Waals surface area (Å²) in [6.45, 7) is 2.40. The van der Waals surface area contributed by atoms with Gasteiger partial charge in [0.25, 0.3) is 15.9 Å². The van der Waals surface area contributed by atoms with Gasteiger partial charge in [-0.3, -0.25) is 9.10 Å². The summed E-state index contributed by atoms with van der Waals surface area (Å²) in [5, 5.41) is 3.15. The number of nitrogens with one attached hydrogen (secondary N) is 1. The maximum absolute atomic E-state index is 13.5. The molecular weight excluding hydrogens is 448 g/mol. The molecule has 0 unspecified atom stereocenters. The predicted octanol–water partition coefficient (Wildman–Crippen LogP) is 4.92. The molecule has 4 rings (SSSR count). The van der Waals surface area contributed by atoms with Crippen molar-refractivity contribution in [2.75, 3.05) is 23.3 Å². The van der Waals surface area contributed by atoms with Gasteiger partial charge in [-0.15, -0.1) is 0 Å². The molecule has 32 heavy (non-hydrogen) atoms. The molecule has 0 atom stereocenters. The fraction of sp³-hybridized carbons (Fsp3) is 0.125. The number of hydrogen-bond donors (Lipinski definition) is 1. The Bertz CT molecular complexity index is 1300. The van der Waals surface area contributed by atoms with Crippen molar-refractivity contribution in [2.45, 2.75) is 6.92 Å². The van der Waals surface area contributed by atoms with Crippen molar-refractivity contribution in [3.05, 3.63) is 93.9 Å². The summed E-state index contributed by atoms with van der Waals surface area (Å²) in [7, 11) is -2.70. The fourth-order valence-corrected chi connectivity index (χ4v) is 5.25. The van der Waals surface area contributed by atoms with Gasteiger partial charge in [-0.25, -0.2) is 8.42 Å². The van der Waals surface area contributed by atoms with E-state index in [-0.39, 0.29) is 4.91 Å². The quantitative estimate of drug-likeness (QED) is 0.576. The first-order valence-electron chi connectivity index (χ1n) is 9.95. The van der Waals surface area contributed by atoms with Crippen LogP contribution in [0.5, 0.6) is 5.75 Å². The summed E-state index contributed by atoms with van der Waals surface area (Å²) in [6, 6.07) is 20.6. The Hall–Kier alpha value is -3.29. The van der Waals surface area contributed by atoms with Gasteiger partial charge in [0, 0.05) is 28.9 Å². The number of sulfonamides is 1. The van der Waals surface area contributed by atoms with Gasteiger partial charge in [-0.05, 0) is 55.0 Å². The van der Waals surface area contributed by atoms with Gasteiger partial charge in [-0.2, -0.15) is 0 Å². The van der Waals surface area contributed by atoms with E-state index >= 15 is 0 Å². The molecule has 0 bridgehead atoms. The summed E-state index contributed by atoms with van der Waals surface area (Å²) in [6.07, 6.45) is 0. The van der Waals surface area contributed by atoms with Crippen LogP contribution < -0.4 is 14.4 Å². The zero-order valence-corrected chi connectivity index (χ0v) is 19.1. The van der Waals surface area contributed by atoms with Crippen molar-refractivity contribution >= 4 is 44.5 Å². The Kier molecular flexibility index (Phi) is 5.95. The fourth-order valence-electron chi connectivity index (χ4n) is 3.61. The lowest BCUT2D eigenvalue weighted by atomic mass is 9.95. The van der Waals surface area contributed by atoms with Gasteiger partial charge in [-0.1, -0.05) is 41.9 Å². The molecule has 0 saturated carbocycles. The van der Waals surface area contributed by atoms with E-state index in [9.17, 15) is 13.2 Å². The van der Waals surface area contributed by atoms with E-state index in [1.54, 1.807) is 66.7 Å². The zero-order valence-electron chi connectivity index (χ0n) is 17.5. The minimum atomic E-state index is -4.13. The largest absolute Gasteiger partial charge is 0.494 e. The Morgan fingerprint density at radius 1 is 1.03 bits per heavy atom. The van der Waals surface area contributed by atoms with E-state index in [2.05, 4.69) is 5.32 Å².